The van der Waals surface area contributed by atoms with Crippen LogP contribution in [0.2, 0.25) is 0 Å². The third-order valence-corrected chi connectivity index (χ3v) is 8.34. The van der Waals surface area contributed by atoms with E-state index in [0.717, 1.165) is 61.2 Å². The van der Waals surface area contributed by atoms with Crippen LogP contribution in [0.5, 0.6) is 5.75 Å². The number of piperidine rings is 2. The zero-order valence-corrected chi connectivity index (χ0v) is 27.6. The molecule has 42 heavy (non-hydrogen) atoms. The summed E-state index contributed by atoms with van der Waals surface area (Å²) in [4.78, 5) is 20.9. The molecule has 2 aromatic rings. The third-order valence-electron chi connectivity index (χ3n) is 8.34. The van der Waals surface area contributed by atoms with Crippen LogP contribution in [-0.4, -0.2) is 72.5 Å². The van der Waals surface area contributed by atoms with Gasteiger partial charge in [0.15, 0.2) is 0 Å². The molecule has 0 aliphatic carbocycles. The first kappa shape index (κ1) is 36.3. The van der Waals surface area contributed by atoms with Crippen molar-refractivity contribution in [3.05, 3.63) is 65.5 Å². The molecule has 0 radical (unpaired) electrons. The summed E-state index contributed by atoms with van der Waals surface area (Å²) in [5.74, 6) is 2.80. The number of ether oxygens (including phenoxy) is 1. The predicted octanol–water partition coefficient (Wildman–Crippen LogP) is 7.11. The molecule has 2 atom stereocenters. The Bertz CT molecular complexity index is 1040. The van der Waals surface area contributed by atoms with Crippen LogP contribution in [0.4, 0.5) is 4.39 Å². The van der Waals surface area contributed by atoms with Crippen molar-refractivity contribution >= 4 is 30.7 Å². The summed E-state index contributed by atoms with van der Waals surface area (Å²) in [6.07, 6.45) is 4.88. The normalized spacial score (nSPS) is 20.0. The van der Waals surface area contributed by atoms with E-state index in [1.807, 2.05) is 29.2 Å². The standard InChI is InChI=1S/C34H50FN3O2.2ClH/c1-26(2)25-40-33-12-8-29(9-13-33)21-34(39)38(24-30-6-10-31(35)11-7-30)32-14-18-36(19-15-32)16-5-17-37-22-27(3)20-28(4)23-37;;/h6-13,26-28,32H,5,14-25H2,1-4H3;2*1H. The number of carbonyl (C=O) groups is 1. The van der Waals surface area contributed by atoms with Crippen LogP contribution in [-0.2, 0) is 17.8 Å². The lowest BCUT2D eigenvalue weighted by atomic mass is 9.92. The van der Waals surface area contributed by atoms with Gasteiger partial charge in [0.1, 0.15) is 11.6 Å². The number of nitrogens with zero attached hydrogens (tertiary/aromatic N) is 3. The Labute approximate surface area is 266 Å². The number of halogens is 3. The number of benzene rings is 2. The minimum Gasteiger partial charge on any atom is -0.493 e. The predicted molar refractivity (Wildman–Crippen MR) is 175 cm³/mol. The first-order valence-electron chi connectivity index (χ1n) is 15.5. The molecule has 0 N–H and O–H groups in total. The van der Waals surface area contributed by atoms with Gasteiger partial charge in [-0.15, -0.1) is 24.8 Å². The van der Waals surface area contributed by atoms with Crippen LogP contribution in [0.15, 0.2) is 48.5 Å². The Morgan fingerprint density at radius 2 is 1.48 bits per heavy atom. The van der Waals surface area contributed by atoms with Crippen molar-refractivity contribution in [2.24, 2.45) is 17.8 Å². The number of likely N-dealkylation sites (tertiary alicyclic amines) is 2. The molecule has 1 amide bonds. The van der Waals surface area contributed by atoms with E-state index in [-0.39, 0.29) is 42.6 Å². The fourth-order valence-electron chi connectivity index (χ4n) is 6.40. The van der Waals surface area contributed by atoms with Crippen LogP contribution in [0.25, 0.3) is 0 Å². The lowest BCUT2D eigenvalue weighted by Crippen LogP contribution is -2.48. The van der Waals surface area contributed by atoms with Gasteiger partial charge in [0.2, 0.25) is 5.91 Å². The highest BCUT2D eigenvalue weighted by atomic mass is 35.5. The van der Waals surface area contributed by atoms with Gasteiger partial charge < -0.3 is 19.4 Å². The smallest absolute Gasteiger partial charge is 0.227 e. The lowest BCUT2D eigenvalue weighted by molar-refractivity contribution is -0.134. The summed E-state index contributed by atoms with van der Waals surface area (Å²) in [5, 5.41) is 0. The fourth-order valence-corrected chi connectivity index (χ4v) is 6.40. The fraction of sp³-hybridized carbons (Fsp3) is 0.618. The average molecular weight is 625 g/mol. The van der Waals surface area contributed by atoms with Gasteiger partial charge in [-0.2, -0.15) is 0 Å². The maximum atomic E-state index is 13.7. The summed E-state index contributed by atoms with van der Waals surface area (Å²) in [6.45, 7) is 17.0. The van der Waals surface area contributed by atoms with E-state index < -0.39 is 0 Å². The zero-order chi connectivity index (χ0) is 28.5. The second-order valence-electron chi connectivity index (χ2n) is 12.8. The topological polar surface area (TPSA) is 36.0 Å². The Morgan fingerprint density at radius 1 is 0.905 bits per heavy atom. The molecular formula is C34H52Cl2FN3O2. The Balaban J connectivity index is 0.00000308. The molecule has 236 valence electrons. The van der Waals surface area contributed by atoms with Crippen LogP contribution >= 0.6 is 24.8 Å². The summed E-state index contributed by atoms with van der Waals surface area (Å²) in [5.41, 5.74) is 1.96. The molecule has 5 nitrogen and oxygen atoms in total. The van der Waals surface area contributed by atoms with E-state index in [4.69, 9.17) is 4.74 Å². The summed E-state index contributed by atoms with van der Waals surface area (Å²) in [6, 6.07) is 14.7. The average Bonchev–Trinajstić information content (AvgIpc) is 2.92. The Kier molecular flexibility index (Phi) is 15.6. The molecule has 2 fully saturated rings. The second-order valence-corrected chi connectivity index (χ2v) is 12.8. The summed E-state index contributed by atoms with van der Waals surface area (Å²) < 4.78 is 19.4. The van der Waals surface area contributed by atoms with Crippen molar-refractivity contribution in [2.75, 3.05) is 45.9 Å². The van der Waals surface area contributed by atoms with Gasteiger partial charge in [-0.25, -0.2) is 4.39 Å². The maximum absolute atomic E-state index is 13.7. The highest BCUT2D eigenvalue weighted by molar-refractivity contribution is 5.85. The number of carbonyl (C=O) groups excluding carboxylic acids is 1. The molecular weight excluding hydrogens is 572 g/mol. The second kappa shape index (κ2) is 18.1. The van der Waals surface area contributed by atoms with Crippen LogP contribution in [0.1, 0.15) is 64.5 Å². The largest absolute Gasteiger partial charge is 0.493 e. The highest BCUT2D eigenvalue weighted by Gasteiger charge is 2.28. The lowest BCUT2D eigenvalue weighted by Gasteiger charge is -2.39. The minimum atomic E-state index is -0.247. The van der Waals surface area contributed by atoms with Gasteiger partial charge >= 0.3 is 0 Å². The van der Waals surface area contributed by atoms with Gasteiger partial charge in [-0.1, -0.05) is 52.0 Å². The van der Waals surface area contributed by atoms with Gasteiger partial charge in [-0.3, -0.25) is 4.79 Å². The van der Waals surface area contributed by atoms with Crippen molar-refractivity contribution in [1.29, 1.82) is 0 Å². The number of rotatable bonds is 12. The van der Waals surface area contributed by atoms with Crippen molar-refractivity contribution in [2.45, 2.75) is 72.4 Å². The van der Waals surface area contributed by atoms with Gasteiger partial charge in [0.05, 0.1) is 13.0 Å². The molecule has 2 aromatic carbocycles. The summed E-state index contributed by atoms with van der Waals surface area (Å²) in [7, 11) is 0. The van der Waals surface area contributed by atoms with E-state index in [9.17, 15) is 9.18 Å². The van der Waals surface area contributed by atoms with Crippen molar-refractivity contribution in [1.82, 2.24) is 14.7 Å². The van der Waals surface area contributed by atoms with Crippen molar-refractivity contribution in [3.8, 4) is 5.75 Å². The first-order valence-corrected chi connectivity index (χ1v) is 15.5. The monoisotopic (exact) mass is 623 g/mol. The van der Waals surface area contributed by atoms with E-state index in [2.05, 4.69) is 37.5 Å². The number of hydrogen-bond acceptors (Lipinski definition) is 4. The van der Waals surface area contributed by atoms with E-state index >= 15 is 0 Å². The van der Waals surface area contributed by atoms with E-state index in [1.165, 1.54) is 44.6 Å². The first-order chi connectivity index (χ1) is 19.2. The molecule has 2 unspecified atom stereocenters. The molecule has 0 saturated carbocycles. The molecule has 0 spiro atoms. The highest BCUT2D eigenvalue weighted by Crippen LogP contribution is 2.23. The summed E-state index contributed by atoms with van der Waals surface area (Å²) >= 11 is 0. The quantitative estimate of drug-likeness (QED) is 0.252. The van der Waals surface area contributed by atoms with Crippen LogP contribution in [0.3, 0.4) is 0 Å². The molecule has 8 heteroatoms. The van der Waals surface area contributed by atoms with Crippen molar-refractivity contribution < 1.29 is 13.9 Å². The van der Waals surface area contributed by atoms with Crippen LogP contribution < -0.4 is 4.74 Å². The van der Waals surface area contributed by atoms with Gasteiger partial charge in [0.25, 0.3) is 0 Å². The third kappa shape index (κ3) is 11.7. The molecule has 2 aliphatic rings. The van der Waals surface area contributed by atoms with Crippen molar-refractivity contribution in [3.63, 3.8) is 0 Å². The Morgan fingerprint density at radius 3 is 2.07 bits per heavy atom. The minimum absolute atomic E-state index is 0. The number of amides is 1. The molecule has 4 rings (SSSR count). The molecule has 2 heterocycles. The number of hydrogen-bond donors (Lipinski definition) is 0. The SMILES string of the molecule is CC(C)COc1ccc(CC(=O)N(Cc2ccc(F)cc2)C2CCN(CCCN3CC(C)CC(C)C3)CC2)cc1.Cl.Cl. The van der Waals surface area contributed by atoms with E-state index in [0.29, 0.717) is 25.5 Å². The van der Waals surface area contributed by atoms with Gasteiger partial charge in [0, 0.05) is 38.8 Å². The molecule has 2 aliphatic heterocycles. The van der Waals surface area contributed by atoms with Gasteiger partial charge in [-0.05, 0) is 91.9 Å². The molecule has 2 saturated heterocycles. The molecule has 0 bridgehead atoms. The van der Waals surface area contributed by atoms with Crippen LogP contribution in [0, 0.1) is 23.6 Å². The maximum Gasteiger partial charge on any atom is 0.227 e. The Hall–Kier alpha value is -1.86. The van der Waals surface area contributed by atoms with E-state index in [1.54, 1.807) is 12.1 Å². The zero-order valence-electron chi connectivity index (χ0n) is 26.0. The molecule has 0 aromatic heterocycles.